The minimum Gasteiger partial charge on any atom is -0.476 e. The van der Waals surface area contributed by atoms with E-state index in [-0.39, 0.29) is 11.3 Å². The number of aromatic nitrogens is 3. The number of hydrogen-bond donors (Lipinski definition) is 2. The molecule has 0 saturated carbocycles. The van der Waals surface area contributed by atoms with Crippen molar-refractivity contribution in [2.75, 3.05) is 7.05 Å². The van der Waals surface area contributed by atoms with E-state index in [2.05, 4.69) is 15.4 Å². The second-order valence-electron chi connectivity index (χ2n) is 5.53. The van der Waals surface area contributed by atoms with E-state index in [1.54, 1.807) is 31.6 Å². The molecule has 0 radical (unpaired) electrons. The number of nitrogens with zero attached hydrogens (tertiary/aromatic N) is 3. The molecule has 0 spiro atoms. The molecule has 7 nitrogen and oxygen atoms in total. The lowest BCUT2D eigenvalue weighted by Crippen LogP contribution is -2.06. The van der Waals surface area contributed by atoms with Gasteiger partial charge >= 0.3 is 5.97 Å². The van der Waals surface area contributed by atoms with Crippen LogP contribution in [0.1, 0.15) is 32.1 Å². The Bertz CT molecular complexity index is 1030. The van der Waals surface area contributed by atoms with Gasteiger partial charge in [0.1, 0.15) is 0 Å². The van der Waals surface area contributed by atoms with Crippen molar-refractivity contribution in [2.24, 2.45) is 0 Å². The fraction of sp³-hybridized carbons (Fsp3) is 0.111. The van der Waals surface area contributed by atoms with Gasteiger partial charge in [0.25, 0.3) is 0 Å². The molecule has 0 aliphatic heterocycles. The largest absolute Gasteiger partial charge is 0.476 e. The molecular weight excluding hydrogens is 356 g/mol. The first-order valence-corrected chi connectivity index (χ1v) is 8.08. The molecule has 3 aromatic rings. The van der Waals surface area contributed by atoms with Crippen LogP contribution in [0.3, 0.4) is 0 Å². The number of halogens is 1. The number of carbonyl (C=O) groups is 2. The lowest BCUT2D eigenvalue weighted by Gasteiger charge is -2.07. The molecule has 0 saturated heterocycles. The van der Waals surface area contributed by atoms with Gasteiger partial charge in [0.15, 0.2) is 12.0 Å². The number of hydrogen-bond acceptors (Lipinski definition) is 5. The Balaban J connectivity index is 2.07. The summed E-state index contributed by atoms with van der Waals surface area (Å²) in [4.78, 5) is 27.0. The van der Waals surface area contributed by atoms with Gasteiger partial charge < -0.3 is 10.4 Å². The van der Waals surface area contributed by atoms with Gasteiger partial charge in [-0.2, -0.15) is 5.10 Å². The van der Waals surface area contributed by atoms with Gasteiger partial charge in [-0.1, -0.05) is 17.7 Å². The highest BCUT2D eigenvalue weighted by Gasteiger charge is 2.21. The van der Waals surface area contributed by atoms with E-state index in [4.69, 9.17) is 11.6 Å². The van der Waals surface area contributed by atoms with Gasteiger partial charge in [0, 0.05) is 18.6 Å². The summed E-state index contributed by atoms with van der Waals surface area (Å²) in [5.74, 6) is -1.25. The Kier molecular flexibility index (Phi) is 4.99. The van der Waals surface area contributed by atoms with Crippen LogP contribution in [0, 0.1) is 0 Å². The molecule has 1 aromatic carbocycles. The number of carbonyl (C=O) groups excluding carboxylic acids is 1. The first-order valence-electron chi connectivity index (χ1n) is 7.70. The van der Waals surface area contributed by atoms with Crippen molar-refractivity contribution < 1.29 is 14.7 Å². The van der Waals surface area contributed by atoms with Gasteiger partial charge in [-0.3, -0.25) is 14.5 Å². The van der Waals surface area contributed by atoms with Gasteiger partial charge in [0.05, 0.1) is 28.3 Å². The van der Waals surface area contributed by atoms with Crippen molar-refractivity contribution in [2.45, 2.75) is 6.54 Å². The second-order valence-corrected chi connectivity index (χ2v) is 5.97. The molecule has 0 fully saturated rings. The van der Waals surface area contributed by atoms with Crippen LogP contribution in [-0.2, 0) is 6.54 Å². The molecule has 0 aliphatic carbocycles. The van der Waals surface area contributed by atoms with Crippen molar-refractivity contribution in [1.29, 1.82) is 0 Å². The zero-order chi connectivity index (χ0) is 18.7. The van der Waals surface area contributed by atoms with Crippen LogP contribution >= 0.6 is 11.6 Å². The average Bonchev–Trinajstić information content (AvgIpc) is 2.97. The van der Waals surface area contributed by atoms with Crippen LogP contribution < -0.4 is 5.32 Å². The van der Waals surface area contributed by atoms with Crippen molar-refractivity contribution in [3.63, 3.8) is 0 Å². The van der Waals surface area contributed by atoms with Crippen molar-refractivity contribution in [3.8, 4) is 0 Å². The van der Waals surface area contributed by atoms with Crippen molar-refractivity contribution >= 4 is 40.8 Å². The minimum atomic E-state index is -1.25. The van der Waals surface area contributed by atoms with Crippen LogP contribution in [0.5, 0.6) is 0 Å². The second kappa shape index (κ2) is 7.37. The van der Waals surface area contributed by atoms with Gasteiger partial charge in [0.2, 0.25) is 0 Å². The lowest BCUT2D eigenvalue weighted by molar-refractivity contribution is 0.0686. The number of nitrogens with one attached hydrogen (secondary N) is 1. The normalized spacial score (nSPS) is 11.2. The van der Waals surface area contributed by atoms with E-state index in [9.17, 15) is 14.7 Å². The predicted molar refractivity (Wildman–Crippen MR) is 98.5 cm³/mol. The van der Waals surface area contributed by atoms with Gasteiger partial charge in [-0.05, 0) is 36.0 Å². The molecule has 8 heteroatoms. The van der Waals surface area contributed by atoms with E-state index in [0.29, 0.717) is 23.5 Å². The number of carboxylic acids is 1. The van der Waals surface area contributed by atoms with E-state index >= 15 is 0 Å². The molecule has 0 atom stereocenters. The lowest BCUT2D eigenvalue weighted by atomic mass is 10.1. The Labute approximate surface area is 153 Å². The molecule has 0 aliphatic rings. The molecule has 2 heterocycles. The number of fused-ring (bicyclic) bond motifs is 1. The summed E-state index contributed by atoms with van der Waals surface area (Å²) in [6.45, 7) is 0.292. The summed E-state index contributed by atoms with van der Waals surface area (Å²) in [6.07, 6.45) is 5.30. The first-order chi connectivity index (χ1) is 12.5. The standard InChI is InChI=1S/C18H15ClN4O3/c1-20-5-4-16-14(10-24)17(18(25)26)22-23(16)9-11-2-3-15-12(6-11)7-13(19)8-21-15/h2-8,10,20H,9H2,1H3,(H,25,26)/b5-4-. The number of carboxylic acid groups (broad SMARTS) is 1. The summed E-state index contributed by atoms with van der Waals surface area (Å²) >= 11 is 5.99. The van der Waals surface area contributed by atoms with Gasteiger partial charge in [-0.15, -0.1) is 0 Å². The monoisotopic (exact) mass is 370 g/mol. The van der Waals surface area contributed by atoms with Crippen LogP contribution in [0.2, 0.25) is 5.02 Å². The van der Waals surface area contributed by atoms with Crippen LogP contribution in [0.4, 0.5) is 0 Å². The maximum Gasteiger partial charge on any atom is 0.357 e. The Hall–Kier alpha value is -3.19. The molecule has 26 heavy (non-hydrogen) atoms. The van der Waals surface area contributed by atoms with Crippen LogP contribution in [0.15, 0.2) is 36.7 Å². The Morgan fingerprint density at radius 2 is 2.19 bits per heavy atom. The summed E-state index contributed by atoms with van der Waals surface area (Å²) < 4.78 is 1.49. The van der Waals surface area contributed by atoms with Crippen molar-refractivity contribution in [1.82, 2.24) is 20.1 Å². The highest BCUT2D eigenvalue weighted by atomic mass is 35.5. The fourth-order valence-corrected chi connectivity index (χ4v) is 2.81. The Morgan fingerprint density at radius 1 is 1.38 bits per heavy atom. The maximum atomic E-state index is 11.4. The highest BCUT2D eigenvalue weighted by molar-refractivity contribution is 6.31. The maximum absolute atomic E-state index is 11.4. The summed E-state index contributed by atoms with van der Waals surface area (Å²) in [5, 5.41) is 17.6. The molecule has 0 amide bonds. The third-order valence-electron chi connectivity index (χ3n) is 3.80. The smallest absolute Gasteiger partial charge is 0.357 e. The minimum absolute atomic E-state index is 0.0366. The van der Waals surface area contributed by atoms with Crippen LogP contribution in [-0.4, -0.2) is 39.2 Å². The topological polar surface area (TPSA) is 97.1 Å². The zero-order valence-electron chi connectivity index (χ0n) is 13.8. The molecule has 0 unspecified atom stereocenters. The Morgan fingerprint density at radius 3 is 2.88 bits per heavy atom. The molecule has 2 N–H and O–H groups in total. The summed E-state index contributed by atoms with van der Waals surface area (Å²) in [5.41, 5.74) is 1.85. The third-order valence-corrected chi connectivity index (χ3v) is 4.01. The highest BCUT2D eigenvalue weighted by Crippen LogP contribution is 2.21. The van der Waals surface area contributed by atoms with E-state index in [1.165, 1.54) is 4.68 Å². The number of aldehydes is 1. The summed E-state index contributed by atoms with van der Waals surface area (Å²) in [6, 6.07) is 7.43. The number of rotatable bonds is 6. The molecular formula is C18H15ClN4O3. The third kappa shape index (κ3) is 3.43. The van der Waals surface area contributed by atoms with E-state index in [1.807, 2.05) is 18.2 Å². The van der Waals surface area contributed by atoms with Crippen LogP contribution in [0.25, 0.3) is 17.0 Å². The van der Waals surface area contributed by atoms with E-state index < -0.39 is 5.97 Å². The quantitative estimate of drug-likeness (QED) is 0.647. The SMILES string of the molecule is CN/C=C\c1c(C=O)c(C(=O)O)nn1Cc1ccc2ncc(Cl)cc2c1. The molecule has 3 rings (SSSR count). The van der Waals surface area contributed by atoms with Crippen molar-refractivity contribution in [3.05, 3.63) is 64.2 Å². The zero-order valence-corrected chi connectivity index (χ0v) is 14.6. The predicted octanol–water partition coefficient (Wildman–Crippen LogP) is 2.83. The number of aromatic carboxylic acids is 1. The van der Waals surface area contributed by atoms with Gasteiger partial charge in [-0.25, -0.2) is 4.79 Å². The molecule has 2 aromatic heterocycles. The fourth-order valence-electron chi connectivity index (χ4n) is 2.65. The van der Waals surface area contributed by atoms with E-state index in [0.717, 1.165) is 16.5 Å². The molecule has 132 valence electrons. The first kappa shape index (κ1) is 17.6. The molecule has 0 bridgehead atoms. The number of pyridine rings is 1. The summed E-state index contributed by atoms with van der Waals surface area (Å²) in [7, 11) is 1.70. The number of benzene rings is 1. The average molecular weight is 371 g/mol.